The number of rotatable bonds is 6. The van der Waals surface area contributed by atoms with E-state index in [0.29, 0.717) is 24.0 Å². The maximum atomic E-state index is 12.0. The van der Waals surface area contributed by atoms with Gasteiger partial charge in [0, 0.05) is 19.5 Å². The molecule has 128 valence electrons. The quantitative estimate of drug-likeness (QED) is 0.747. The average Bonchev–Trinajstić information content (AvgIpc) is 3.15. The number of carbonyl (C=O) groups is 1. The third kappa shape index (κ3) is 4.26. The lowest BCUT2D eigenvalue weighted by atomic mass is 10.1. The molecule has 1 aliphatic carbocycles. The molecule has 0 spiro atoms. The molecule has 1 saturated carbocycles. The lowest BCUT2D eigenvalue weighted by molar-refractivity contribution is -0.120. The first-order chi connectivity index (χ1) is 10.8. The van der Waals surface area contributed by atoms with E-state index in [1.54, 1.807) is 0 Å². The van der Waals surface area contributed by atoms with Crippen molar-refractivity contribution in [2.24, 2.45) is 13.0 Å². The topological polar surface area (TPSA) is 93.9 Å². The molecule has 2 fully saturated rings. The highest BCUT2D eigenvalue weighted by molar-refractivity contribution is 8.00. The Hall–Kier alpha value is -1.09. The first kappa shape index (κ1) is 16.8. The van der Waals surface area contributed by atoms with Crippen molar-refractivity contribution in [1.82, 2.24) is 20.1 Å². The van der Waals surface area contributed by atoms with Crippen LogP contribution in [-0.2, 0) is 28.1 Å². The zero-order valence-electron chi connectivity index (χ0n) is 13.4. The maximum Gasteiger partial charge on any atom is 0.233 e. The fourth-order valence-corrected chi connectivity index (χ4v) is 5.38. The van der Waals surface area contributed by atoms with Gasteiger partial charge in [0.25, 0.3) is 0 Å². The number of aromatic nitrogens is 3. The second kappa shape index (κ2) is 6.43. The molecule has 2 aliphatic rings. The van der Waals surface area contributed by atoms with Gasteiger partial charge in [-0.15, -0.1) is 10.2 Å². The largest absolute Gasteiger partial charge is 0.352 e. The van der Waals surface area contributed by atoms with Gasteiger partial charge in [0.1, 0.15) is 5.82 Å². The molecule has 3 rings (SSSR count). The summed E-state index contributed by atoms with van der Waals surface area (Å²) in [4.78, 5) is 12.0. The fraction of sp³-hybridized carbons (Fsp3) is 0.786. The molecule has 0 unspecified atom stereocenters. The Morgan fingerprint density at radius 2 is 2.13 bits per heavy atom. The molecule has 0 radical (unpaired) electrons. The SMILES string of the molecule is C[C@@H](Sc1nnc(C[C@H]2CCS(=O)(=O)C2)n1C)C(=O)NC1CC1. The van der Waals surface area contributed by atoms with Gasteiger partial charge in [0.05, 0.1) is 16.8 Å². The number of nitrogens with one attached hydrogen (secondary N) is 1. The molecule has 1 aromatic heterocycles. The van der Waals surface area contributed by atoms with Crippen LogP contribution in [0.25, 0.3) is 0 Å². The van der Waals surface area contributed by atoms with Crippen LogP contribution in [0.1, 0.15) is 32.0 Å². The molecule has 7 nitrogen and oxygen atoms in total. The molecular formula is C14H22N4O3S2. The minimum Gasteiger partial charge on any atom is -0.352 e. The van der Waals surface area contributed by atoms with Crippen molar-refractivity contribution in [3.63, 3.8) is 0 Å². The molecule has 1 aromatic rings. The summed E-state index contributed by atoms with van der Waals surface area (Å²) >= 11 is 1.39. The predicted molar refractivity (Wildman–Crippen MR) is 88.0 cm³/mol. The minimum atomic E-state index is -2.87. The molecule has 9 heteroatoms. The van der Waals surface area contributed by atoms with Gasteiger partial charge in [-0.1, -0.05) is 11.8 Å². The van der Waals surface area contributed by atoms with E-state index >= 15 is 0 Å². The van der Waals surface area contributed by atoms with E-state index < -0.39 is 9.84 Å². The predicted octanol–water partition coefficient (Wildman–Crippen LogP) is 0.551. The highest BCUT2D eigenvalue weighted by Gasteiger charge is 2.30. The second-order valence-electron chi connectivity index (χ2n) is 6.47. The normalized spacial score (nSPS) is 24.5. The third-order valence-corrected chi connectivity index (χ3v) is 7.27. The zero-order chi connectivity index (χ0) is 16.6. The Balaban J connectivity index is 1.59. The molecule has 2 heterocycles. The summed E-state index contributed by atoms with van der Waals surface area (Å²) < 4.78 is 25.0. The molecule has 1 aliphatic heterocycles. The Morgan fingerprint density at radius 3 is 2.74 bits per heavy atom. The Bertz CT molecular complexity index is 697. The molecule has 2 atom stereocenters. The molecule has 1 saturated heterocycles. The zero-order valence-corrected chi connectivity index (χ0v) is 15.0. The van der Waals surface area contributed by atoms with Crippen molar-refractivity contribution in [3.8, 4) is 0 Å². The van der Waals surface area contributed by atoms with Gasteiger partial charge in [-0.05, 0) is 32.1 Å². The van der Waals surface area contributed by atoms with Crippen molar-refractivity contribution < 1.29 is 13.2 Å². The van der Waals surface area contributed by atoms with Gasteiger partial charge in [0.2, 0.25) is 5.91 Å². The second-order valence-corrected chi connectivity index (χ2v) is 10.0. The number of carbonyl (C=O) groups excluding carboxylic acids is 1. The van der Waals surface area contributed by atoms with Crippen LogP contribution >= 0.6 is 11.8 Å². The average molecular weight is 358 g/mol. The maximum absolute atomic E-state index is 12.0. The summed E-state index contributed by atoms with van der Waals surface area (Å²) in [6.45, 7) is 1.86. The minimum absolute atomic E-state index is 0.0314. The number of amides is 1. The van der Waals surface area contributed by atoms with Crippen LogP contribution in [0.4, 0.5) is 0 Å². The number of sulfone groups is 1. The summed E-state index contributed by atoms with van der Waals surface area (Å²) in [7, 11) is -1.01. The first-order valence-electron chi connectivity index (χ1n) is 7.90. The summed E-state index contributed by atoms with van der Waals surface area (Å²) in [6, 6.07) is 0.352. The van der Waals surface area contributed by atoms with Gasteiger partial charge in [-0.2, -0.15) is 0 Å². The monoisotopic (exact) mass is 358 g/mol. The van der Waals surface area contributed by atoms with E-state index in [-0.39, 0.29) is 28.6 Å². The Labute approximate surface area is 140 Å². The molecule has 0 bridgehead atoms. The van der Waals surface area contributed by atoms with E-state index in [1.807, 2.05) is 18.5 Å². The van der Waals surface area contributed by atoms with Crippen LogP contribution in [0.15, 0.2) is 5.16 Å². The molecule has 1 amide bonds. The highest BCUT2D eigenvalue weighted by Crippen LogP contribution is 2.26. The number of hydrogen-bond donors (Lipinski definition) is 1. The van der Waals surface area contributed by atoms with Crippen LogP contribution in [0.2, 0.25) is 0 Å². The van der Waals surface area contributed by atoms with Crippen molar-refractivity contribution in [2.45, 2.75) is 49.1 Å². The van der Waals surface area contributed by atoms with Crippen molar-refractivity contribution in [1.29, 1.82) is 0 Å². The lowest BCUT2D eigenvalue weighted by Gasteiger charge is -2.11. The van der Waals surface area contributed by atoms with Crippen molar-refractivity contribution >= 4 is 27.5 Å². The Morgan fingerprint density at radius 1 is 1.39 bits per heavy atom. The smallest absolute Gasteiger partial charge is 0.233 e. The molecular weight excluding hydrogens is 336 g/mol. The van der Waals surface area contributed by atoms with Crippen molar-refractivity contribution in [2.75, 3.05) is 11.5 Å². The van der Waals surface area contributed by atoms with Gasteiger partial charge in [-0.25, -0.2) is 8.42 Å². The summed E-state index contributed by atoms with van der Waals surface area (Å²) in [6.07, 6.45) is 3.45. The molecule has 23 heavy (non-hydrogen) atoms. The van der Waals surface area contributed by atoms with Gasteiger partial charge < -0.3 is 9.88 Å². The standard InChI is InChI=1S/C14H22N4O3S2/c1-9(13(19)15-11-3-4-11)22-14-17-16-12(18(14)2)7-10-5-6-23(20,21)8-10/h9-11H,3-8H2,1-2H3,(H,15,19)/t9-,10-/m1/s1. The third-order valence-electron chi connectivity index (χ3n) is 4.30. The molecule has 0 aromatic carbocycles. The van der Waals surface area contributed by atoms with Crippen LogP contribution < -0.4 is 5.32 Å². The number of hydrogen-bond acceptors (Lipinski definition) is 6. The fourth-order valence-electron chi connectivity index (χ4n) is 2.67. The highest BCUT2D eigenvalue weighted by atomic mass is 32.2. The van der Waals surface area contributed by atoms with Gasteiger partial charge in [0.15, 0.2) is 15.0 Å². The van der Waals surface area contributed by atoms with E-state index in [0.717, 1.165) is 18.7 Å². The number of thioether (sulfide) groups is 1. The van der Waals surface area contributed by atoms with Crippen LogP contribution in [0, 0.1) is 5.92 Å². The van der Waals surface area contributed by atoms with E-state index in [2.05, 4.69) is 15.5 Å². The van der Waals surface area contributed by atoms with E-state index in [4.69, 9.17) is 0 Å². The first-order valence-corrected chi connectivity index (χ1v) is 10.6. The van der Waals surface area contributed by atoms with Gasteiger partial charge >= 0.3 is 0 Å². The Kier molecular flexibility index (Phi) is 4.68. The lowest BCUT2D eigenvalue weighted by Crippen LogP contribution is -2.32. The summed E-state index contributed by atoms with van der Waals surface area (Å²) in [5.41, 5.74) is 0. The van der Waals surface area contributed by atoms with E-state index in [1.165, 1.54) is 11.8 Å². The van der Waals surface area contributed by atoms with Crippen LogP contribution in [0.3, 0.4) is 0 Å². The van der Waals surface area contributed by atoms with Gasteiger partial charge in [-0.3, -0.25) is 4.79 Å². The number of nitrogens with zero attached hydrogens (tertiary/aromatic N) is 3. The van der Waals surface area contributed by atoms with Crippen LogP contribution in [-0.4, -0.2) is 51.9 Å². The summed E-state index contributed by atoms with van der Waals surface area (Å²) in [5.74, 6) is 1.45. The van der Waals surface area contributed by atoms with Crippen molar-refractivity contribution in [3.05, 3.63) is 5.82 Å². The van der Waals surface area contributed by atoms with E-state index in [9.17, 15) is 13.2 Å². The molecule has 1 N–H and O–H groups in total. The summed E-state index contributed by atoms with van der Waals surface area (Å²) in [5, 5.41) is 11.8. The van der Waals surface area contributed by atoms with Crippen LogP contribution in [0.5, 0.6) is 0 Å².